The van der Waals surface area contributed by atoms with Crippen LogP contribution in [-0.2, 0) is 11.8 Å². The summed E-state index contributed by atoms with van der Waals surface area (Å²) in [5.41, 5.74) is 1.69. The van der Waals surface area contributed by atoms with Gasteiger partial charge in [0.25, 0.3) is 5.91 Å². The van der Waals surface area contributed by atoms with Gasteiger partial charge >= 0.3 is 0 Å². The largest absolute Gasteiger partial charge is 0.480 e. The van der Waals surface area contributed by atoms with Crippen molar-refractivity contribution >= 4 is 5.91 Å². The summed E-state index contributed by atoms with van der Waals surface area (Å²) in [6.45, 7) is 7.46. The van der Waals surface area contributed by atoms with Crippen molar-refractivity contribution < 1.29 is 14.1 Å². The summed E-state index contributed by atoms with van der Waals surface area (Å²) in [6.07, 6.45) is 0. The van der Waals surface area contributed by atoms with E-state index >= 15 is 0 Å². The van der Waals surface area contributed by atoms with Gasteiger partial charge in [-0.1, -0.05) is 5.16 Å². The minimum atomic E-state index is -0.0965. The van der Waals surface area contributed by atoms with Crippen molar-refractivity contribution in [3.8, 4) is 5.75 Å². The molecule has 1 atom stereocenters. The van der Waals surface area contributed by atoms with E-state index in [0.29, 0.717) is 30.6 Å². The Bertz CT molecular complexity index is 768. The fourth-order valence-electron chi connectivity index (χ4n) is 3.00. The van der Waals surface area contributed by atoms with Crippen molar-refractivity contribution in [3.05, 3.63) is 23.1 Å². The SMILES string of the molecule is Cc1noc([C@H]2CN(C(=O)COc3c(C)nn(C)c3C)CCN2C)n1. The van der Waals surface area contributed by atoms with Crippen LogP contribution in [-0.4, -0.2) is 68.9 Å². The van der Waals surface area contributed by atoms with Gasteiger partial charge in [-0.15, -0.1) is 0 Å². The maximum atomic E-state index is 12.6. The molecule has 25 heavy (non-hydrogen) atoms. The Morgan fingerprint density at radius 3 is 2.64 bits per heavy atom. The van der Waals surface area contributed by atoms with Gasteiger partial charge in [0.1, 0.15) is 11.7 Å². The normalized spacial score (nSPS) is 18.6. The molecule has 1 aliphatic heterocycles. The number of rotatable bonds is 4. The van der Waals surface area contributed by atoms with Crippen molar-refractivity contribution in [3.63, 3.8) is 0 Å². The number of aromatic nitrogens is 4. The third-order valence-corrected chi connectivity index (χ3v) is 4.61. The number of nitrogens with zero attached hydrogens (tertiary/aromatic N) is 6. The van der Waals surface area contributed by atoms with Gasteiger partial charge in [-0.25, -0.2) is 0 Å². The lowest BCUT2D eigenvalue weighted by Crippen LogP contribution is -2.50. The van der Waals surface area contributed by atoms with Crippen LogP contribution in [0.15, 0.2) is 4.52 Å². The Morgan fingerprint density at radius 2 is 2.04 bits per heavy atom. The Hall–Kier alpha value is -2.42. The molecule has 0 bridgehead atoms. The topological polar surface area (TPSA) is 89.5 Å². The number of amides is 1. The van der Waals surface area contributed by atoms with Crippen molar-refractivity contribution in [1.29, 1.82) is 0 Å². The number of hydrogen-bond donors (Lipinski definition) is 0. The first kappa shape index (κ1) is 17.4. The average Bonchev–Trinajstić information content (AvgIpc) is 3.10. The Morgan fingerprint density at radius 1 is 1.28 bits per heavy atom. The van der Waals surface area contributed by atoms with Gasteiger partial charge in [-0.05, 0) is 27.8 Å². The summed E-state index contributed by atoms with van der Waals surface area (Å²) in [5.74, 6) is 1.75. The number of hydrogen-bond acceptors (Lipinski definition) is 7. The molecule has 0 radical (unpaired) electrons. The third-order valence-electron chi connectivity index (χ3n) is 4.61. The molecular formula is C16H24N6O3. The molecule has 136 valence electrons. The maximum Gasteiger partial charge on any atom is 0.260 e. The van der Waals surface area contributed by atoms with Crippen LogP contribution in [0, 0.1) is 20.8 Å². The fraction of sp³-hybridized carbons (Fsp3) is 0.625. The molecule has 1 aliphatic rings. The molecule has 2 aromatic rings. The molecule has 3 rings (SSSR count). The second-order valence-corrected chi connectivity index (χ2v) is 6.43. The minimum Gasteiger partial charge on any atom is -0.480 e. The summed E-state index contributed by atoms with van der Waals surface area (Å²) in [4.78, 5) is 20.8. The zero-order valence-electron chi connectivity index (χ0n) is 15.3. The summed E-state index contributed by atoms with van der Waals surface area (Å²) in [5, 5.41) is 8.14. The molecule has 9 heteroatoms. The molecule has 1 saturated heterocycles. The highest BCUT2D eigenvalue weighted by Crippen LogP contribution is 2.24. The number of piperazine rings is 1. The lowest BCUT2D eigenvalue weighted by molar-refractivity contribution is -0.136. The summed E-state index contributed by atoms with van der Waals surface area (Å²) in [6, 6.07) is -0.0965. The molecule has 0 unspecified atom stereocenters. The molecule has 0 spiro atoms. The van der Waals surface area contributed by atoms with E-state index < -0.39 is 0 Å². The molecule has 0 N–H and O–H groups in total. The van der Waals surface area contributed by atoms with Crippen molar-refractivity contribution in [1.82, 2.24) is 29.7 Å². The van der Waals surface area contributed by atoms with Crippen LogP contribution in [0.2, 0.25) is 0 Å². The molecule has 0 aromatic carbocycles. The predicted molar refractivity (Wildman–Crippen MR) is 89.2 cm³/mol. The van der Waals surface area contributed by atoms with Gasteiger partial charge in [0.05, 0.1) is 5.69 Å². The highest BCUT2D eigenvalue weighted by atomic mass is 16.5. The quantitative estimate of drug-likeness (QED) is 0.800. The number of aryl methyl sites for hydroxylation is 3. The Balaban J connectivity index is 1.64. The number of carbonyl (C=O) groups excluding carboxylic acids is 1. The van der Waals surface area contributed by atoms with E-state index in [4.69, 9.17) is 9.26 Å². The van der Waals surface area contributed by atoms with Crippen LogP contribution >= 0.6 is 0 Å². The molecule has 0 aliphatic carbocycles. The van der Waals surface area contributed by atoms with E-state index in [1.54, 1.807) is 16.5 Å². The molecule has 1 amide bonds. The predicted octanol–water partition coefficient (Wildman–Crippen LogP) is 0.622. The first-order valence-corrected chi connectivity index (χ1v) is 8.28. The van der Waals surface area contributed by atoms with Crippen LogP contribution < -0.4 is 4.74 Å². The fourth-order valence-corrected chi connectivity index (χ4v) is 3.00. The van der Waals surface area contributed by atoms with E-state index in [1.165, 1.54) is 0 Å². The van der Waals surface area contributed by atoms with Gasteiger partial charge in [0.2, 0.25) is 5.89 Å². The molecule has 1 fully saturated rings. The molecule has 2 aromatic heterocycles. The van der Waals surface area contributed by atoms with Gasteiger partial charge in [0, 0.05) is 26.7 Å². The number of likely N-dealkylation sites (N-methyl/N-ethyl adjacent to an activating group) is 1. The van der Waals surface area contributed by atoms with Crippen LogP contribution in [0.1, 0.15) is 29.1 Å². The van der Waals surface area contributed by atoms with Crippen LogP contribution in [0.5, 0.6) is 5.75 Å². The highest BCUT2D eigenvalue weighted by Gasteiger charge is 2.32. The minimum absolute atomic E-state index is 0.00727. The second-order valence-electron chi connectivity index (χ2n) is 6.43. The smallest absolute Gasteiger partial charge is 0.260 e. The summed E-state index contributed by atoms with van der Waals surface area (Å²) >= 11 is 0. The lowest BCUT2D eigenvalue weighted by Gasteiger charge is -2.37. The first-order valence-electron chi connectivity index (χ1n) is 8.28. The van der Waals surface area contributed by atoms with Gasteiger partial charge in [0.15, 0.2) is 18.2 Å². The lowest BCUT2D eigenvalue weighted by atomic mass is 10.1. The summed E-state index contributed by atoms with van der Waals surface area (Å²) in [7, 11) is 3.85. The van der Waals surface area contributed by atoms with Crippen LogP contribution in [0.25, 0.3) is 0 Å². The first-order chi connectivity index (χ1) is 11.9. The summed E-state index contributed by atoms with van der Waals surface area (Å²) < 4.78 is 12.8. The van der Waals surface area contributed by atoms with Crippen molar-refractivity contribution in [2.45, 2.75) is 26.8 Å². The van der Waals surface area contributed by atoms with Gasteiger partial charge < -0.3 is 14.2 Å². The van der Waals surface area contributed by atoms with Crippen molar-refractivity contribution in [2.24, 2.45) is 7.05 Å². The molecule has 9 nitrogen and oxygen atoms in total. The van der Waals surface area contributed by atoms with E-state index in [1.807, 2.05) is 27.9 Å². The average molecular weight is 348 g/mol. The number of carbonyl (C=O) groups is 1. The van der Waals surface area contributed by atoms with E-state index in [9.17, 15) is 4.79 Å². The van der Waals surface area contributed by atoms with Gasteiger partial charge in [-0.3, -0.25) is 14.4 Å². The Labute approximate surface area is 146 Å². The van der Waals surface area contributed by atoms with E-state index in [-0.39, 0.29) is 18.6 Å². The number of ether oxygens (including phenoxy) is 1. The van der Waals surface area contributed by atoms with E-state index in [0.717, 1.165) is 17.9 Å². The van der Waals surface area contributed by atoms with Gasteiger partial charge in [-0.2, -0.15) is 10.1 Å². The zero-order valence-corrected chi connectivity index (χ0v) is 15.3. The monoisotopic (exact) mass is 348 g/mol. The zero-order chi connectivity index (χ0) is 18.1. The van der Waals surface area contributed by atoms with E-state index in [2.05, 4.69) is 20.1 Å². The molecule has 0 saturated carbocycles. The molecule has 3 heterocycles. The third kappa shape index (κ3) is 3.51. The highest BCUT2D eigenvalue weighted by molar-refractivity contribution is 5.78. The molecular weight excluding hydrogens is 324 g/mol. The standard InChI is InChI=1S/C16H24N6O3/c1-10-15(11(2)21(5)18-10)24-9-14(23)22-7-6-20(4)13(8-22)16-17-12(3)19-25-16/h13H,6-9H2,1-5H3/t13-/m1/s1. The van der Waals surface area contributed by atoms with Crippen LogP contribution in [0.3, 0.4) is 0 Å². The second kappa shape index (κ2) is 6.83. The van der Waals surface area contributed by atoms with Crippen LogP contribution in [0.4, 0.5) is 0 Å². The maximum absolute atomic E-state index is 12.6. The van der Waals surface area contributed by atoms with Crippen molar-refractivity contribution in [2.75, 3.05) is 33.3 Å². The Kier molecular flexibility index (Phi) is 4.76.